The number of benzene rings is 1. The number of aryl methyl sites for hydroxylation is 1. The highest BCUT2D eigenvalue weighted by Gasteiger charge is 2.34. The number of carboxylic acids is 1. The lowest BCUT2D eigenvalue weighted by Crippen LogP contribution is -2.35. The number of nitrogens with one attached hydrogen (secondary N) is 1. The largest absolute Gasteiger partial charge is 0.480 e. The summed E-state index contributed by atoms with van der Waals surface area (Å²) in [6.07, 6.45) is 1.54. The SMILES string of the molecule is Cc1ccccc1/C=C1/NC(=O)N(CC(=O)O)C1=O. The van der Waals surface area contributed by atoms with Gasteiger partial charge in [0.15, 0.2) is 0 Å². The van der Waals surface area contributed by atoms with Crippen LogP contribution in [0.15, 0.2) is 30.0 Å². The number of rotatable bonds is 3. The van der Waals surface area contributed by atoms with E-state index in [1.165, 1.54) is 6.08 Å². The van der Waals surface area contributed by atoms with E-state index < -0.39 is 24.5 Å². The number of carboxylic acid groups (broad SMARTS) is 1. The predicted octanol–water partition coefficient (Wildman–Crippen LogP) is 0.972. The number of nitrogens with zero attached hydrogens (tertiary/aromatic N) is 1. The molecular weight excluding hydrogens is 248 g/mol. The molecule has 2 N–H and O–H groups in total. The van der Waals surface area contributed by atoms with Gasteiger partial charge < -0.3 is 10.4 Å². The molecule has 19 heavy (non-hydrogen) atoms. The highest BCUT2D eigenvalue weighted by Crippen LogP contribution is 2.16. The number of carbonyl (C=O) groups excluding carboxylic acids is 2. The van der Waals surface area contributed by atoms with Crippen LogP contribution in [-0.4, -0.2) is 34.5 Å². The molecule has 1 aromatic carbocycles. The van der Waals surface area contributed by atoms with Crippen LogP contribution >= 0.6 is 0 Å². The zero-order valence-corrected chi connectivity index (χ0v) is 10.2. The Hall–Kier alpha value is -2.63. The third-order valence-corrected chi connectivity index (χ3v) is 2.74. The van der Waals surface area contributed by atoms with E-state index in [9.17, 15) is 14.4 Å². The van der Waals surface area contributed by atoms with E-state index >= 15 is 0 Å². The Labute approximate surface area is 109 Å². The van der Waals surface area contributed by atoms with Crippen LogP contribution in [0, 0.1) is 6.92 Å². The first-order valence-corrected chi connectivity index (χ1v) is 5.61. The molecule has 1 saturated heterocycles. The van der Waals surface area contributed by atoms with Gasteiger partial charge in [0.05, 0.1) is 0 Å². The average Bonchev–Trinajstić information content (AvgIpc) is 2.60. The molecule has 1 heterocycles. The van der Waals surface area contributed by atoms with Crippen molar-refractivity contribution >= 4 is 24.0 Å². The smallest absolute Gasteiger partial charge is 0.329 e. The van der Waals surface area contributed by atoms with E-state index in [-0.39, 0.29) is 5.70 Å². The van der Waals surface area contributed by atoms with Crippen molar-refractivity contribution in [2.24, 2.45) is 0 Å². The first kappa shape index (κ1) is 12.8. The van der Waals surface area contributed by atoms with E-state index in [4.69, 9.17) is 5.11 Å². The fourth-order valence-electron chi connectivity index (χ4n) is 1.75. The summed E-state index contributed by atoms with van der Waals surface area (Å²) in [5, 5.41) is 11.0. The molecule has 0 aliphatic carbocycles. The van der Waals surface area contributed by atoms with Crippen molar-refractivity contribution in [2.75, 3.05) is 6.54 Å². The second-order valence-electron chi connectivity index (χ2n) is 4.13. The molecule has 0 atom stereocenters. The molecule has 2 rings (SSSR count). The molecule has 1 aliphatic heterocycles. The maximum Gasteiger partial charge on any atom is 0.329 e. The average molecular weight is 260 g/mol. The molecule has 3 amide bonds. The summed E-state index contributed by atoms with van der Waals surface area (Å²) in [6.45, 7) is 1.23. The molecule has 0 spiro atoms. The Morgan fingerprint density at radius 3 is 2.68 bits per heavy atom. The summed E-state index contributed by atoms with van der Waals surface area (Å²) in [7, 11) is 0. The van der Waals surface area contributed by atoms with E-state index in [0.717, 1.165) is 11.1 Å². The Bertz CT molecular complexity index is 592. The maximum atomic E-state index is 11.9. The van der Waals surface area contributed by atoms with Crippen molar-refractivity contribution in [3.63, 3.8) is 0 Å². The minimum absolute atomic E-state index is 0.0838. The van der Waals surface area contributed by atoms with Crippen LogP contribution in [0.4, 0.5) is 4.79 Å². The number of imide groups is 1. The summed E-state index contributed by atoms with van der Waals surface area (Å²) < 4.78 is 0. The van der Waals surface area contributed by atoms with Crippen molar-refractivity contribution in [1.29, 1.82) is 0 Å². The van der Waals surface area contributed by atoms with Gasteiger partial charge in [0.25, 0.3) is 5.91 Å². The Balaban J connectivity index is 2.28. The number of carbonyl (C=O) groups is 3. The fraction of sp³-hybridized carbons (Fsp3) is 0.154. The second-order valence-corrected chi connectivity index (χ2v) is 4.13. The third kappa shape index (κ3) is 2.62. The molecule has 0 aromatic heterocycles. The number of amides is 3. The number of hydrogen-bond donors (Lipinski definition) is 2. The topological polar surface area (TPSA) is 86.7 Å². The van der Waals surface area contributed by atoms with E-state index in [2.05, 4.69) is 5.32 Å². The van der Waals surface area contributed by atoms with Crippen molar-refractivity contribution in [3.8, 4) is 0 Å². The van der Waals surface area contributed by atoms with Crippen LogP contribution in [0.5, 0.6) is 0 Å². The monoisotopic (exact) mass is 260 g/mol. The van der Waals surface area contributed by atoms with E-state index in [1.54, 1.807) is 0 Å². The second kappa shape index (κ2) is 4.93. The lowest BCUT2D eigenvalue weighted by molar-refractivity contribution is -0.140. The number of aliphatic carboxylic acids is 1. The van der Waals surface area contributed by atoms with Gasteiger partial charge in [-0.05, 0) is 24.1 Å². The van der Waals surface area contributed by atoms with Crippen LogP contribution in [0.2, 0.25) is 0 Å². The zero-order chi connectivity index (χ0) is 14.0. The van der Waals surface area contributed by atoms with E-state index in [0.29, 0.717) is 4.90 Å². The standard InChI is InChI=1S/C13H12N2O4/c1-8-4-2-3-5-9(8)6-10-12(18)15(7-11(16)17)13(19)14-10/h2-6H,7H2,1H3,(H,14,19)(H,16,17)/b10-6+. The molecule has 0 unspecified atom stereocenters. The molecule has 0 bridgehead atoms. The summed E-state index contributed by atoms with van der Waals surface area (Å²) in [5.41, 5.74) is 1.83. The van der Waals surface area contributed by atoms with Gasteiger partial charge in [0, 0.05) is 0 Å². The Kier molecular flexibility index (Phi) is 3.33. The van der Waals surface area contributed by atoms with Crippen LogP contribution in [0.25, 0.3) is 6.08 Å². The van der Waals surface area contributed by atoms with Gasteiger partial charge >= 0.3 is 12.0 Å². The molecule has 0 saturated carbocycles. The lowest BCUT2D eigenvalue weighted by Gasteiger charge is -2.07. The molecule has 1 fully saturated rings. The summed E-state index contributed by atoms with van der Waals surface area (Å²) in [5.74, 6) is -1.86. The van der Waals surface area contributed by atoms with Crippen LogP contribution in [-0.2, 0) is 9.59 Å². The zero-order valence-electron chi connectivity index (χ0n) is 10.2. The molecule has 1 aliphatic rings. The van der Waals surface area contributed by atoms with E-state index in [1.807, 2.05) is 31.2 Å². The van der Waals surface area contributed by atoms with Gasteiger partial charge in [-0.3, -0.25) is 9.59 Å². The third-order valence-electron chi connectivity index (χ3n) is 2.74. The maximum absolute atomic E-state index is 11.9. The normalized spacial score (nSPS) is 16.9. The molecule has 98 valence electrons. The first-order valence-electron chi connectivity index (χ1n) is 5.61. The highest BCUT2D eigenvalue weighted by molar-refractivity contribution is 6.15. The summed E-state index contributed by atoms with van der Waals surface area (Å²) >= 11 is 0. The lowest BCUT2D eigenvalue weighted by atomic mass is 10.1. The first-order chi connectivity index (χ1) is 8.99. The van der Waals surface area contributed by atoms with Crippen molar-refractivity contribution in [2.45, 2.75) is 6.92 Å². The number of urea groups is 1. The quantitative estimate of drug-likeness (QED) is 0.626. The van der Waals surface area contributed by atoms with Gasteiger partial charge in [0.1, 0.15) is 12.2 Å². The summed E-state index contributed by atoms with van der Waals surface area (Å²) in [4.78, 5) is 34.6. The predicted molar refractivity (Wildman–Crippen MR) is 67.0 cm³/mol. The van der Waals surface area contributed by atoms with Crippen molar-refractivity contribution in [3.05, 3.63) is 41.1 Å². The van der Waals surface area contributed by atoms with Crippen LogP contribution < -0.4 is 5.32 Å². The van der Waals surface area contributed by atoms with Gasteiger partial charge in [0.2, 0.25) is 0 Å². The highest BCUT2D eigenvalue weighted by atomic mass is 16.4. The Morgan fingerprint density at radius 1 is 1.37 bits per heavy atom. The van der Waals surface area contributed by atoms with Crippen molar-refractivity contribution in [1.82, 2.24) is 10.2 Å². The van der Waals surface area contributed by atoms with Gasteiger partial charge in [-0.25, -0.2) is 9.69 Å². The van der Waals surface area contributed by atoms with Crippen molar-refractivity contribution < 1.29 is 19.5 Å². The molecular formula is C13H12N2O4. The Morgan fingerprint density at radius 2 is 2.05 bits per heavy atom. The van der Waals surface area contributed by atoms with Crippen LogP contribution in [0.1, 0.15) is 11.1 Å². The van der Waals surface area contributed by atoms with Gasteiger partial charge in [-0.1, -0.05) is 24.3 Å². The minimum atomic E-state index is -1.24. The molecule has 0 radical (unpaired) electrons. The molecule has 6 heteroatoms. The fourth-order valence-corrected chi connectivity index (χ4v) is 1.75. The minimum Gasteiger partial charge on any atom is -0.480 e. The van der Waals surface area contributed by atoms with Gasteiger partial charge in [-0.15, -0.1) is 0 Å². The molecule has 6 nitrogen and oxygen atoms in total. The number of hydrogen-bond acceptors (Lipinski definition) is 3. The van der Waals surface area contributed by atoms with Gasteiger partial charge in [-0.2, -0.15) is 0 Å². The molecule has 1 aromatic rings. The summed E-state index contributed by atoms with van der Waals surface area (Å²) in [6, 6.07) is 6.65. The van der Waals surface area contributed by atoms with Crippen LogP contribution in [0.3, 0.4) is 0 Å².